The van der Waals surface area contributed by atoms with E-state index in [1.165, 1.54) is 0 Å². The van der Waals surface area contributed by atoms with Crippen molar-refractivity contribution in [2.45, 2.75) is 39.2 Å². The van der Waals surface area contributed by atoms with Gasteiger partial charge >= 0.3 is 0 Å². The normalized spacial score (nSPS) is 15.1. The highest BCUT2D eigenvalue weighted by Crippen LogP contribution is 2.28. The zero-order valence-electron chi connectivity index (χ0n) is 10.1. The summed E-state index contributed by atoms with van der Waals surface area (Å²) in [6.45, 7) is 5.95. The third kappa shape index (κ3) is 2.59. The molecule has 0 heterocycles. The molecule has 3 heteroatoms. The van der Waals surface area contributed by atoms with Crippen molar-refractivity contribution in [2.24, 2.45) is 0 Å². The molecule has 0 aromatic heterocycles. The lowest BCUT2D eigenvalue weighted by Gasteiger charge is -2.30. The van der Waals surface area contributed by atoms with Crippen LogP contribution in [0.15, 0.2) is 24.3 Å². The van der Waals surface area contributed by atoms with Gasteiger partial charge in [-0.1, -0.05) is 38.1 Å². The molecular weight excluding hydrogens is 208 g/mol. The molecule has 0 aliphatic rings. The van der Waals surface area contributed by atoms with Gasteiger partial charge in [0, 0.05) is 0 Å². The van der Waals surface area contributed by atoms with E-state index in [2.05, 4.69) is 5.32 Å². The zero-order chi connectivity index (χ0) is 12.2. The first-order valence-corrected chi connectivity index (χ1v) is 5.67. The minimum atomic E-state index is -2.42. The van der Waals surface area contributed by atoms with Crippen LogP contribution in [0, 0.1) is 0 Å². The zero-order valence-corrected chi connectivity index (χ0v) is 10.1. The van der Waals surface area contributed by atoms with Gasteiger partial charge in [-0.3, -0.25) is 0 Å². The van der Waals surface area contributed by atoms with E-state index >= 15 is 0 Å². The topological polar surface area (TPSA) is 12.0 Å². The van der Waals surface area contributed by atoms with Crippen LogP contribution in [0.25, 0.3) is 0 Å². The molecule has 0 radical (unpaired) electrons. The van der Waals surface area contributed by atoms with Gasteiger partial charge in [0.1, 0.15) is 5.54 Å². The van der Waals surface area contributed by atoms with Crippen LogP contribution in [0.5, 0.6) is 0 Å². The summed E-state index contributed by atoms with van der Waals surface area (Å²) in [5, 5.41) is 2.86. The number of hydrogen-bond donors (Lipinski definition) is 1. The van der Waals surface area contributed by atoms with Crippen molar-refractivity contribution >= 4 is 0 Å². The molecule has 1 N–H and O–H groups in total. The number of hydrogen-bond acceptors (Lipinski definition) is 1. The molecule has 0 spiro atoms. The van der Waals surface area contributed by atoms with E-state index in [0.29, 0.717) is 12.1 Å². The Kier molecular flexibility index (Phi) is 4.42. The highest BCUT2D eigenvalue weighted by atomic mass is 19.3. The van der Waals surface area contributed by atoms with Gasteiger partial charge in [0.2, 0.25) is 0 Å². The first-order valence-electron chi connectivity index (χ1n) is 5.67. The number of benzene rings is 1. The Morgan fingerprint density at radius 3 is 2.12 bits per heavy atom. The smallest absolute Gasteiger partial charge is 0.260 e. The summed E-state index contributed by atoms with van der Waals surface area (Å²) in [6.07, 6.45) is -1.49. The van der Waals surface area contributed by atoms with Crippen molar-refractivity contribution in [3.8, 4) is 0 Å². The van der Waals surface area contributed by atoms with Crippen LogP contribution in [-0.2, 0) is 12.0 Å². The van der Waals surface area contributed by atoms with Crippen LogP contribution in [0.1, 0.15) is 31.9 Å². The average Bonchev–Trinajstić information content (AvgIpc) is 2.29. The Balaban J connectivity index is 3.01. The maximum atomic E-state index is 13.1. The van der Waals surface area contributed by atoms with Crippen LogP contribution in [0.3, 0.4) is 0 Å². The molecule has 90 valence electrons. The first kappa shape index (κ1) is 13.1. The van der Waals surface area contributed by atoms with Crippen molar-refractivity contribution in [3.05, 3.63) is 35.4 Å². The molecule has 1 aromatic rings. The van der Waals surface area contributed by atoms with Crippen molar-refractivity contribution < 1.29 is 8.78 Å². The fourth-order valence-corrected chi connectivity index (χ4v) is 1.76. The Bertz CT molecular complexity index is 321. The van der Waals surface area contributed by atoms with E-state index in [1.807, 2.05) is 26.0 Å². The Hall–Kier alpha value is -0.960. The highest BCUT2D eigenvalue weighted by Gasteiger charge is 2.35. The lowest BCUT2D eigenvalue weighted by molar-refractivity contribution is 0.0394. The largest absolute Gasteiger partial charge is 0.303 e. The van der Waals surface area contributed by atoms with Gasteiger partial charge in [0.05, 0.1) is 0 Å². The number of nitrogens with one attached hydrogen (secondary N) is 1. The van der Waals surface area contributed by atoms with Gasteiger partial charge < -0.3 is 5.32 Å². The maximum Gasteiger partial charge on any atom is 0.260 e. The molecule has 0 aliphatic heterocycles. The second kappa shape index (κ2) is 5.39. The molecule has 1 rings (SSSR count). The van der Waals surface area contributed by atoms with Gasteiger partial charge in [-0.25, -0.2) is 8.78 Å². The number of rotatable bonds is 5. The third-order valence-corrected chi connectivity index (χ3v) is 2.94. The van der Waals surface area contributed by atoms with E-state index in [4.69, 9.17) is 0 Å². The predicted molar refractivity (Wildman–Crippen MR) is 62.9 cm³/mol. The standard InChI is InChI=1S/C13H19F2N/c1-4-10-6-8-11(9-7-10)13(3,12(14)15)16-5-2/h6-9,12,16H,4-5H2,1-3H3. The molecule has 0 saturated heterocycles. The summed E-state index contributed by atoms with van der Waals surface area (Å²) in [6, 6.07) is 7.39. The quantitative estimate of drug-likeness (QED) is 0.813. The molecule has 1 aromatic carbocycles. The fraction of sp³-hybridized carbons (Fsp3) is 0.538. The Morgan fingerprint density at radius 1 is 1.19 bits per heavy atom. The van der Waals surface area contributed by atoms with Crippen molar-refractivity contribution in [3.63, 3.8) is 0 Å². The summed E-state index contributed by atoms with van der Waals surface area (Å²) >= 11 is 0. The molecule has 0 saturated carbocycles. The maximum absolute atomic E-state index is 13.1. The van der Waals surface area contributed by atoms with Gasteiger partial charge in [0.25, 0.3) is 6.43 Å². The molecule has 1 atom stereocenters. The van der Waals surface area contributed by atoms with Crippen LogP contribution >= 0.6 is 0 Å². The SMILES string of the molecule is CCNC(C)(c1ccc(CC)cc1)C(F)F. The van der Waals surface area contributed by atoms with E-state index in [-0.39, 0.29) is 0 Å². The summed E-state index contributed by atoms with van der Waals surface area (Å²) in [5.41, 5.74) is 0.555. The van der Waals surface area contributed by atoms with Gasteiger partial charge in [-0.05, 0) is 31.0 Å². The van der Waals surface area contributed by atoms with Crippen LogP contribution in [0.2, 0.25) is 0 Å². The molecule has 0 amide bonds. The van der Waals surface area contributed by atoms with Crippen LogP contribution in [-0.4, -0.2) is 13.0 Å². The van der Waals surface area contributed by atoms with Crippen molar-refractivity contribution in [2.75, 3.05) is 6.54 Å². The molecule has 0 fully saturated rings. The fourth-order valence-electron chi connectivity index (χ4n) is 1.76. The number of alkyl halides is 2. The first-order chi connectivity index (χ1) is 7.54. The van der Waals surface area contributed by atoms with Gasteiger partial charge in [-0.2, -0.15) is 0 Å². The monoisotopic (exact) mass is 227 g/mol. The van der Waals surface area contributed by atoms with E-state index in [9.17, 15) is 8.78 Å². The van der Waals surface area contributed by atoms with E-state index in [0.717, 1.165) is 12.0 Å². The molecule has 16 heavy (non-hydrogen) atoms. The lowest BCUT2D eigenvalue weighted by atomic mass is 9.91. The van der Waals surface area contributed by atoms with E-state index in [1.54, 1.807) is 19.1 Å². The molecule has 0 aliphatic carbocycles. The second-order valence-electron chi connectivity index (χ2n) is 4.08. The highest BCUT2D eigenvalue weighted by molar-refractivity contribution is 5.28. The predicted octanol–water partition coefficient (Wildman–Crippen LogP) is 3.34. The minimum absolute atomic E-state index is 0.524. The number of aryl methyl sites for hydroxylation is 1. The third-order valence-electron chi connectivity index (χ3n) is 2.94. The summed E-state index contributed by atoms with van der Waals surface area (Å²) < 4.78 is 26.2. The van der Waals surface area contributed by atoms with Crippen molar-refractivity contribution in [1.29, 1.82) is 0 Å². The molecule has 1 nitrogen and oxygen atoms in total. The van der Waals surface area contributed by atoms with Gasteiger partial charge in [-0.15, -0.1) is 0 Å². The number of halogens is 2. The molecule has 0 bridgehead atoms. The Morgan fingerprint density at radius 2 is 1.75 bits per heavy atom. The average molecular weight is 227 g/mol. The van der Waals surface area contributed by atoms with Crippen LogP contribution in [0.4, 0.5) is 8.78 Å². The minimum Gasteiger partial charge on any atom is -0.303 e. The lowest BCUT2D eigenvalue weighted by Crippen LogP contribution is -2.45. The van der Waals surface area contributed by atoms with Gasteiger partial charge in [0.15, 0.2) is 0 Å². The van der Waals surface area contributed by atoms with E-state index < -0.39 is 12.0 Å². The summed E-state index contributed by atoms with van der Waals surface area (Å²) in [4.78, 5) is 0. The molecular formula is C13H19F2N. The summed E-state index contributed by atoms with van der Waals surface area (Å²) in [5.74, 6) is 0. The second-order valence-corrected chi connectivity index (χ2v) is 4.08. The van der Waals surface area contributed by atoms with Crippen LogP contribution < -0.4 is 5.32 Å². The Labute approximate surface area is 95.9 Å². The van der Waals surface area contributed by atoms with Crippen molar-refractivity contribution in [1.82, 2.24) is 5.32 Å². The molecule has 1 unspecified atom stereocenters. The summed E-state index contributed by atoms with van der Waals surface area (Å²) in [7, 11) is 0.